The summed E-state index contributed by atoms with van der Waals surface area (Å²) < 4.78 is 13.6. The molecule has 0 aliphatic carbocycles. The van der Waals surface area contributed by atoms with Crippen LogP contribution in [0.2, 0.25) is 0 Å². The molecule has 2 fully saturated rings. The van der Waals surface area contributed by atoms with Gasteiger partial charge in [-0.2, -0.15) is 0 Å². The first kappa shape index (κ1) is 18.1. The number of ether oxygens (including phenoxy) is 2. The predicted molar refractivity (Wildman–Crippen MR) is 105 cm³/mol. The largest absolute Gasteiger partial charge is 0.388 e. The second-order valence-corrected chi connectivity index (χ2v) is 7.34. The van der Waals surface area contributed by atoms with E-state index in [0.717, 1.165) is 16.6 Å². The van der Waals surface area contributed by atoms with Crippen molar-refractivity contribution >= 4 is 17.1 Å². The molecular weight excluding hydrogens is 372 g/mol. The van der Waals surface area contributed by atoms with Crippen molar-refractivity contribution < 1.29 is 19.4 Å². The van der Waals surface area contributed by atoms with Crippen LogP contribution in [0.5, 0.6) is 0 Å². The van der Waals surface area contributed by atoms with Gasteiger partial charge in [-0.05, 0) is 17.7 Å². The number of carbonyl (C=O) groups is 1. The molecule has 29 heavy (non-hydrogen) atoms. The molecule has 2 bridgehead atoms. The summed E-state index contributed by atoms with van der Waals surface area (Å²) in [7, 11) is 0. The third kappa shape index (κ3) is 3.35. The summed E-state index contributed by atoms with van der Waals surface area (Å²) in [4.78, 5) is 16.9. The highest BCUT2D eigenvalue weighted by Crippen LogP contribution is 2.37. The Morgan fingerprint density at radius 1 is 1.17 bits per heavy atom. The number of carbonyl (C=O) groups excluding carboxylic acids is 1. The fourth-order valence-corrected chi connectivity index (χ4v) is 4.07. The number of aliphatic hydroxyl groups excluding tert-OH is 1. The smallest absolute Gasteiger partial charge is 0.315 e. The van der Waals surface area contributed by atoms with E-state index in [0.29, 0.717) is 13.2 Å². The van der Waals surface area contributed by atoms with Crippen molar-refractivity contribution in [1.29, 1.82) is 0 Å². The molecule has 2 amide bonds. The molecule has 2 aliphatic heterocycles. The molecule has 3 N–H and O–H groups in total. The van der Waals surface area contributed by atoms with Crippen LogP contribution in [-0.2, 0) is 16.0 Å². The first-order valence-electron chi connectivity index (χ1n) is 9.66. The van der Waals surface area contributed by atoms with E-state index < -0.39 is 30.6 Å². The van der Waals surface area contributed by atoms with Gasteiger partial charge in [0.1, 0.15) is 18.2 Å². The van der Waals surface area contributed by atoms with Crippen LogP contribution < -0.4 is 10.6 Å². The zero-order chi connectivity index (χ0) is 19.8. The Morgan fingerprint density at radius 3 is 2.83 bits per heavy atom. The second-order valence-electron chi connectivity index (χ2n) is 7.34. The Kier molecular flexibility index (Phi) is 4.67. The summed E-state index contributed by atoms with van der Waals surface area (Å²) in [6, 6.07) is 15.8. The minimum Gasteiger partial charge on any atom is -0.388 e. The van der Waals surface area contributed by atoms with Crippen molar-refractivity contribution in [3.63, 3.8) is 0 Å². The molecule has 1 aromatic heterocycles. The van der Waals surface area contributed by atoms with Gasteiger partial charge in [0.25, 0.3) is 0 Å². The van der Waals surface area contributed by atoms with Gasteiger partial charge in [0.15, 0.2) is 6.29 Å². The Morgan fingerprint density at radius 2 is 1.97 bits per heavy atom. The number of aromatic nitrogens is 2. The van der Waals surface area contributed by atoms with Crippen molar-refractivity contribution in [3.8, 4) is 0 Å². The van der Waals surface area contributed by atoms with Crippen LogP contribution in [0.25, 0.3) is 11.0 Å². The highest BCUT2D eigenvalue weighted by molar-refractivity contribution is 5.75. The third-order valence-electron chi connectivity index (χ3n) is 5.53. The van der Waals surface area contributed by atoms with Gasteiger partial charge in [0, 0.05) is 6.54 Å². The third-order valence-corrected chi connectivity index (χ3v) is 5.53. The molecule has 2 saturated heterocycles. The van der Waals surface area contributed by atoms with E-state index in [-0.39, 0.29) is 6.03 Å². The van der Waals surface area contributed by atoms with Gasteiger partial charge in [0.2, 0.25) is 0 Å². The molecule has 3 aromatic rings. The molecule has 8 heteroatoms. The first-order chi connectivity index (χ1) is 14.2. The number of aliphatic hydroxyl groups is 1. The Labute approximate surface area is 167 Å². The molecule has 2 aliphatic rings. The Hall–Kier alpha value is -2.94. The van der Waals surface area contributed by atoms with Gasteiger partial charge in [0.05, 0.1) is 30.0 Å². The van der Waals surface area contributed by atoms with Crippen LogP contribution in [0.15, 0.2) is 60.9 Å². The molecular formula is C21H22N4O4. The van der Waals surface area contributed by atoms with Gasteiger partial charge in [-0.3, -0.25) is 0 Å². The number of amides is 2. The maximum Gasteiger partial charge on any atom is 0.315 e. The van der Waals surface area contributed by atoms with Crippen LogP contribution in [-0.4, -0.2) is 51.8 Å². The quantitative estimate of drug-likeness (QED) is 0.624. The van der Waals surface area contributed by atoms with Crippen LogP contribution in [0.1, 0.15) is 11.6 Å². The van der Waals surface area contributed by atoms with Crippen molar-refractivity contribution in [2.45, 2.75) is 37.1 Å². The lowest BCUT2D eigenvalue weighted by molar-refractivity contribution is -0.162. The molecule has 5 unspecified atom stereocenters. The number of hydrogen-bond donors (Lipinski definition) is 3. The molecule has 2 aromatic carbocycles. The average Bonchev–Trinajstić information content (AvgIpc) is 3.37. The van der Waals surface area contributed by atoms with E-state index in [2.05, 4.69) is 15.6 Å². The Balaban J connectivity index is 1.33. The number of para-hydroxylation sites is 2. The number of urea groups is 1. The highest BCUT2D eigenvalue weighted by Gasteiger charge is 2.51. The maximum atomic E-state index is 12.5. The first-order valence-corrected chi connectivity index (χ1v) is 9.66. The number of fused-ring (bicyclic) bond motifs is 3. The van der Waals surface area contributed by atoms with Crippen molar-refractivity contribution in [2.24, 2.45) is 0 Å². The Bertz CT molecular complexity index is 1010. The molecule has 5 rings (SSSR count). The van der Waals surface area contributed by atoms with E-state index >= 15 is 0 Å². The maximum absolute atomic E-state index is 12.5. The normalized spacial score (nSPS) is 28.4. The highest BCUT2D eigenvalue weighted by atomic mass is 16.7. The standard InChI is InChI=1S/C21H22N4O4/c26-19-17(24-21(27)22-10-13-6-2-1-3-7-13)16-11-28-20(29-16)18(19)25-12-23-14-8-4-5-9-15(14)25/h1-9,12,16-20,26H,10-11H2,(H2,22,24,27). The number of nitrogens with zero attached hydrogens (tertiary/aromatic N) is 2. The van der Waals surface area contributed by atoms with Crippen LogP contribution >= 0.6 is 0 Å². The molecule has 5 atom stereocenters. The van der Waals surface area contributed by atoms with Crippen LogP contribution in [0.4, 0.5) is 4.79 Å². The van der Waals surface area contributed by atoms with E-state index in [1.165, 1.54) is 0 Å². The van der Waals surface area contributed by atoms with Gasteiger partial charge in [-0.15, -0.1) is 0 Å². The zero-order valence-electron chi connectivity index (χ0n) is 15.6. The summed E-state index contributed by atoms with van der Waals surface area (Å²) in [5.41, 5.74) is 2.70. The number of benzene rings is 2. The van der Waals surface area contributed by atoms with Crippen molar-refractivity contribution in [2.75, 3.05) is 6.61 Å². The van der Waals surface area contributed by atoms with Crippen LogP contribution in [0.3, 0.4) is 0 Å². The summed E-state index contributed by atoms with van der Waals surface area (Å²) in [6.45, 7) is 0.713. The monoisotopic (exact) mass is 394 g/mol. The van der Waals surface area contributed by atoms with Gasteiger partial charge in [-0.1, -0.05) is 42.5 Å². The fourth-order valence-electron chi connectivity index (χ4n) is 4.07. The fraction of sp³-hybridized carbons (Fsp3) is 0.333. The molecule has 0 radical (unpaired) electrons. The van der Waals surface area contributed by atoms with E-state index in [1.807, 2.05) is 59.2 Å². The lowest BCUT2D eigenvalue weighted by Crippen LogP contribution is -2.60. The number of hydrogen-bond acceptors (Lipinski definition) is 5. The van der Waals surface area contributed by atoms with Crippen molar-refractivity contribution in [1.82, 2.24) is 20.2 Å². The van der Waals surface area contributed by atoms with Crippen LogP contribution in [0, 0.1) is 0 Å². The summed E-state index contributed by atoms with van der Waals surface area (Å²) >= 11 is 0. The summed E-state index contributed by atoms with van der Waals surface area (Å²) in [6.07, 6.45) is -0.195. The molecule has 8 nitrogen and oxygen atoms in total. The topological polar surface area (TPSA) is 97.6 Å². The van der Waals surface area contributed by atoms with Gasteiger partial charge < -0.3 is 29.8 Å². The van der Waals surface area contributed by atoms with Gasteiger partial charge in [-0.25, -0.2) is 9.78 Å². The second kappa shape index (κ2) is 7.47. The number of imidazole rings is 1. The molecule has 0 saturated carbocycles. The lowest BCUT2D eigenvalue weighted by atomic mass is 9.96. The SMILES string of the molecule is O=C(NCc1ccccc1)NC1C2COC(O2)C(n2cnc3ccccc32)C1O. The minimum atomic E-state index is -0.888. The predicted octanol–water partition coefficient (Wildman–Crippen LogP) is 1.56. The molecule has 0 spiro atoms. The average molecular weight is 394 g/mol. The molecule has 3 heterocycles. The minimum absolute atomic E-state index is 0.314. The lowest BCUT2D eigenvalue weighted by Gasteiger charge is -2.39. The number of nitrogens with one attached hydrogen (secondary N) is 2. The summed E-state index contributed by atoms with van der Waals surface area (Å²) in [5.74, 6) is 0. The van der Waals surface area contributed by atoms with E-state index in [1.54, 1.807) is 6.33 Å². The number of rotatable bonds is 4. The van der Waals surface area contributed by atoms with E-state index in [9.17, 15) is 9.90 Å². The summed E-state index contributed by atoms with van der Waals surface area (Å²) in [5, 5.41) is 16.8. The molecule has 150 valence electrons. The zero-order valence-corrected chi connectivity index (χ0v) is 15.6. The van der Waals surface area contributed by atoms with Crippen molar-refractivity contribution in [3.05, 3.63) is 66.5 Å². The van der Waals surface area contributed by atoms with E-state index in [4.69, 9.17) is 9.47 Å². The van der Waals surface area contributed by atoms with Gasteiger partial charge >= 0.3 is 6.03 Å².